The maximum atomic E-state index is 5.15. The van der Waals surface area contributed by atoms with E-state index in [1.807, 2.05) is 0 Å². The van der Waals surface area contributed by atoms with Crippen molar-refractivity contribution in [1.29, 1.82) is 0 Å². The number of hydrogen-bond donors (Lipinski definition) is 0. The molecule has 0 heterocycles. The van der Waals surface area contributed by atoms with E-state index >= 15 is 0 Å². The molecule has 1 nitrogen and oxygen atoms in total. The number of nitrogens with zero attached hydrogens (tertiary/aromatic N) is 1. The minimum absolute atomic E-state index is 0.618. The van der Waals surface area contributed by atoms with Crippen LogP contribution >= 0.6 is 0 Å². The standard InChI is InChI=1S/C37H29N/c1-27-16-20-29(21-17-27)30-22-18-28(19-23-30)26-38-37(36-15-7-12-32-9-3-5-14-35(32)36)25-24-33-11-6-10-31-8-2-4-13-34(31)33/h2-25H,26H2,1H3/b25-24+,38-37+. The summed E-state index contributed by atoms with van der Waals surface area (Å²) in [6.45, 7) is 2.74. The van der Waals surface area contributed by atoms with Crippen LogP contribution in [0.15, 0.2) is 145 Å². The number of aliphatic imine (C=N–C) groups is 1. The van der Waals surface area contributed by atoms with Crippen LogP contribution in [0.25, 0.3) is 38.7 Å². The van der Waals surface area contributed by atoms with Crippen molar-refractivity contribution in [2.45, 2.75) is 13.5 Å². The monoisotopic (exact) mass is 487 g/mol. The van der Waals surface area contributed by atoms with Crippen LogP contribution in [-0.4, -0.2) is 5.71 Å². The van der Waals surface area contributed by atoms with Gasteiger partial charge in [-0.25, -0.2) is 0 Å². The second-order valence-corrected chi connectivity index (χ2v) is 9.69. The highest BCUT2D eigenvalue weighted by molar-refractivity contribution is 6.18. The third-order valence-corrected chi connectivity index (χ3v) is 7.08. The molecule has 38 heavy (non-hydrogen) atoms. The zero-order valence-electron chi connectivity index (χ0n) is 21.5. The average Bonchev–Trinajstić information content (AvgIpc) is 2.98. The first-order chi connectivity index (χ1) is 18.7. The van der Waals surface area contributed by atoms with Gasteiger partial charge >= 0.3 is 0 Å². The zero-order valence-corrected chi connectivity index (χ0v) is 21.5. The quantitative estimate of drug-likeness (QED) is 0.207. The molecule has 0 amide bonds. The summed E-state index contributed by atoms with van der Waals surface area (Å²) in [5.74, 6) is 0. The lowest BCUT2D eigenvalue weighted by Gasteiger charge is -2.09. The maximum absolute atomic E-state index is 5.15. The highest BCUT2D eigenvalue weighted by Gasteiger charge is 2.07. The number of rotatable bonds is 6. The van der Waals surface area contributed by atoms with E-state index in [4.69, 9.17) is 4.99 Å². The molecular formula is C37H29N. The molecule has 0 unspecified atom stereocenters. The lowest BCUT2D eigenvalue weighted by molar-refractivity contribution is 1.07. The van der Waals surface area contributed by atoms with Gasteiger partial charge in [0.05, 0.1) is 12.3 Å². The molecule has 0 atom stereocenters. The SMILES string of the molecule is Cc1ccc(-c2ccc(C/N=C(\C=C\c3cccc4ccccc34)c3cccc4ccccc34)cc2)cc1. The fourth-order valence-electron chi connectivity index (χ4n) is 4.97. The summed E-state index contributed by atoms with van der Waals surface area (Å²) in [6.07, 6.45) is 4.37. The molecule has 6 rings (SSSR count). The summed E-state index contributed by atoms with van der Waals surface area (Å²) < 4.78 is 0. The molecule has 0 aliphatic heterocycles. The Morgan fingerprint density at radius 1 is 0.579 bits per heavy atom. The Bertz CT molecular complexity index is 1760. The van der Waals surface area contributed by atoms with Crippen LogP contribution in [0, 0.1) is 6.92 Å². The van der Waals surface area contributed by atoms with Crippen molar-refractivity contribution >= 4 is 33.3 Å². The maximum Gasteiger partial charge on any atom is 0.0657 e. The molecule has 0 bridgehead atoms. The van der Waals surface area contributed by atoms with E-state index in [1.54, 1.807) is 0 Å². The predicted octanol–water partition coefficient (Wildman–Crippen LogP) is 9.67. The van der Waals surface area contributed by atoms with Gasteiger partial charge in [-0.1, -0.05) is 145 Å². The summed E-state index contributed by atoms with van der Waals surface area (Å²) in [5.41, 5.74) is 8.25. The molecular weight excluding hydrogens is 458 g/mol. The first-order valence-electron chi connectivity index (χ1n) is 13.1. The van der Waals surface area contributed by atoms with Crippen molar-refractivity contribution in [3.8, 4) is 11.1 Å². The Hall–Kier alpha value is -4.75. The summed E-state index contributed by atoms with van der Waals surface area (Å²) in [5, 5.41) is 4.92. The average molecular weight is 488 g/mol. The molecule has 182 valence electrons. The van der Waals surface area contributed by atoms with Crippen molar-refractivity contribution in [3.63, 3.8) is 0 Å². The normalized spacial score (nSPS) is 12.0. The molecule has 0 saturated carbocycles. The molecule has 0 aliphatic rings. The number of benzene rings is 6. The molecule has 0 saturated heterocycles. The van der Waals surface area contributed by atoms with Crippen LogP contribution in [0.3, 0.4) is 0 Å². The number of aryl methyl sites for hydroxylation is 1. The Labute approximate surface area is 224 Å². The lowest BCUT2D eigenvalue weighted by atomic mass is 9.99. The third-order valence-electron chi connectivity index (χ3n) is 7.08. The van der Waals surface area contributed by atoms with Gasteiger partial charge in [0.25, 0.3) is 0 Å². The molecule has 0 aliphatic carbocycles. The number of allylic oxidation sites excluding steroid dienone is 1. The Morgan fingerprint density at radius 2 is 1.16 bits per heavy atom. The van der Waals surface area contributed by atoms with Crippen molar-refractivity contribution in [1.82, 2.24) is 0 Å². The van der Waals surface area contributed by atoms with E-state index < -0.39 is 0 Å². The first-order valence-corrected chi connectivity index (χ1v) is 13.1. The fraction of sp³-hybridized carbons (Fsp3) is 0.0541. The summed E-state index contributed by atoms with van der Waals surface area (Å²) >= 11 is 0. The van der Waals surface area contributed by atoms with Crippen molar-refractivity contribution in [2.24, 2.45) is 4.99 Å². The van der Waals surface area contributed by atoms with Gasteiger partial charge in [0.2, 0.25) is 0 Å². The van der Waals surface area contributed by atoms with E-state index in [0.29, 0.717) is 6.54 Å². The molecule has 6 aromatic carbocycles. The van der Waals surface area contributed by atoms with Crippen LogP contribution in [-0.2, 0) is 6.54 Å². The van der Waals surface area contributed by atoms with Gasteiger partial charge in [-0.2, -0.15) is 0 Å². The third kappa shape index (κ3) is 5.05. The van der Waals surface area contributed by atoms with Gasteiger partial charge in [0.1, 0.15) is 0 Å². The summed E-state index contributed by atoms with van der Waals surface area (Å²) in [7, 11) is 0. The summed E-state index contributed by atoms with van der Waals surface area (Å²) in [4.78, 5) is 5.15. The van der Waals surface area contributed by atoms with E-state index in [9.17, 15) is 0 Å². The van der Waals surface area contributed by atoms with Crippen molar-refractivity contribution in [2.75, 3.05) is 0 Å². The second kappa shape index (κ2) is 10.7. The Balaban J connectivity index is 1.36. The lowest BCUT2D eigenvalue weighted by Crippen LogP contribution is -2.00. The summed E-state index contributed by atoms with van der Waals surface area (Å²) in [6, 6.07) is 47.4. The van der Waals surface area contributed by atoms with Crippen LogP contribution in [0.2, 0.25) is 0 Å². The van der Waals surface area contributed by atoms with Crippen LogP contribution in [0.1, 0.15) is 22.3 Å². The highest BCUT2D eigenvalue weighted by Crippen LogP contribution is 2.24. The minimum Gasteiger partial charge on any atom is -0.280 e. The Morgan fingerprint density at radius 3 is 1.89 bits per heavy atom. The van der Waals surface area contributed by atoms with Crippen molar-refractivity contribution < 1.29 is 0 Å². The second-order valence-electron chi connectivity index (χ2n) is 9.69. The van der Waals surface area contributed by atoms with Crippen LogP contribution in [0.5, 0.6) is 0 Å². The Kier molecular flexibility index (Phi) is 6.66. The van der Waals surface area contributed by atoms with Gasteiger partial charge < -0.3 is 0 Å². The number of hydrogen-bond acceptors (Lipinski definition) is 1. The van der Waals surface area contributed by atoms with Crippen LogP contribution in [0.4, 0.5) is 0 Å². The molecule has 0 radical (unpaired) electrons. The first kappa shape index (κ1) is 23.6. The molecule has 1 heteroatoms. The molecule has 0 spiro atoms. The predicted molar refractivity (Wildman–Crippen MR) is 164 cm³/mol. The molecule has 6 aromatic rings. The van der Waals surface area contributed by atoms with E-state index in [2.05, 4.69) is 153 Å². The highest BCUT2D eigenvalue weighted by atomic mass is 14.7. The topological polar surface area (TPSA) is 12.4 Å². The van der Waals surface area contributed by atoms with E-state index in [0.717, 1.165) is 11.3 Å². The van der Waals surface area contributed by atoms with Gasteiger partial charge in [0.15, 0.2) is 0 Å². The number of fused-ring (bicyclic) bond motifs is 2. The van der Waals surface area contributed by atoms with Gasteiger partial charge in [-0.05, 0) is 56.8 Å². The molecule has 0 fully saturated rings. The van der Waals surface area contributed by atoms with Gasteiger partial charge in [-0.3, -0.25) is 4.99 Å². The van der Waals surface area contributed by atoms with Gasteiger partial charge in [0, 0.05) is 5.56 Å². The van der Waals surface area contributed by atoms with E-state index in [-0.39, 0.29) is 0 Å². The van der Waals surface area contributed by atoms with Crippen molar-refractivity contribution in [3.05, 3.63) is 162 Å². The molecule has 0 aromatic heterocycles. The fourth-order valence-corrected chi connectivity index (χ4v) is 4.97. The minimum atomic E-state index is 0.618. The molecule has 0 N–H and O–H groups in total. The smallest absolute Gasteiger partial charge is 0.0657 e. The van der Waals surface area contributed by atoms with Gasteiger partial charge in [-0.15, -0.1) is 0 Å². The van der Waals surface area contributed by atoms with Crippen LogP contribution < -0.4 is 0 Å². The zero-order chi connectivity index (χ0) is 25.7. The van der Waals surface area contributed by atoms with E-state index in [1.165, 1.54) is 49.4 Å². The largest absolute Gasteiger partial charge is 0.280 e.